The number of rotatable bonds is 4. The predicted octanol–water partition coefficient (Wildman–Crippen LogP) is 3.00. The largest absolute Gasteiger partial charge is 0.383 e. The zero-order chi connectivity index (χ0) is 15.8. The molecule has 0 fully saturated rings. The second-order valence-electron chi connectivity index (χ2n) is 6.75. The molecule has 2 aromatic carbocycles. The van der Waals surface area contributed by atoms with Gasteiger partial charge in [-0.25, -0.2) is 0 Å². The minimum Gasteiger partial charge on any atom is -0.383 e. The molecule has 1 atom stereocenters. The summed E-state index contributed by atoms with van der Waals surface area (Å²) in [7, 11) is 0. The molecule has 0 aliphatic rings. The first-order valence-corrected chi connectivity index (χ1v) is 7.15. The summed E-state index contributed by atoms with van der Waals surface area (Å²) >= 11 is 0. The average Bonchev–Trinajstić information content (AvgIpc) is 2.36. The van der Waals surface area contributed by atoms with E-state index < -0.39 is 17.1 Å². The van der Waals surface area contributed by atoms with Crippen LogP contribution >= 0.6 is 0 Å². The molecule has 112 valence electrons. The van der Waals surface area contributed by atoms with Crippen molar-refractivity contribution in [2.45, 2.75) is 44.8 Å². The smallest absolute Gasteiger partial charge is 0.173 e. The van der Waals surface area contributed by atoms with E-state index in [4.69, 9.17) is 5.73 Å². The first-order chi connectivity index (χ1) is 9.62. The molecule has 0 unspecified atom stereocenters. The van der Waals surface area contributed by atoms with Crippen molar-refractivity contribution in [3.63, 3.8) is 0 Å². The van der Waals surface area contributed by atoms with Crippen molar-refractivity contribution >= 4 is 16.6 Å². The van der Waals surface area contributed by atoms with Crippen molar-refractivity contribution < 1.29 is 9.90 Å². The van der Waals surface area contributed by atoms with E-state index in [2.05, 4.69) is 0 Å². The number of carbonyl (C=O) groups is 1. The molecule has 0 spiro atoms. The fourth-order valence-corrected chi connectivity index (χ4v) is 2.74. The third-order valence-electron chi connectivity index (χ3n) is 3.74. The van der Waals surface area contributed by atoms with Crippen LogP contribution in [0.5, 0.6) is 0 Å². The van der Waals surface area contributed by atoms with Crippen molar-refractivity contribution in [2.24, 2.45) is 5.73 Å². The molecular weight excluding hydrogens is 262 g/mol. The van der Waals surface area contributed by atoms with Crippen LogP contribution in [0.1, 0.15) is 39.2 Å². The van der Waals surface area contributed by atoms with Gasteiger partial charge < -0.3 is 10.8 Å². The molecule has 0 bridgehead atoms. The van der Waals surface area contributed by atoms with E-state index in [1.54, 1.807) is 0 Å². The zero-order valence-electron chi connectivity index (χ0n) is 13.1. The number of nitrogens with two attached hydrogens (primary N) is 1. The van der Waals surface area contributed by atoms with Gasteiger partial charge in [0.05, 0.1) is 5.92 Å². The topological polar surface area (TPSA) is 63.3 Å². The van der Waals surface area contributed by atoms with Crippen LogP contribution in [0.25, 0.3) is 10.8 Å². The van der Waals surface area contributed by atoms with Crippen molar-refractivity contribution in [3.05, 3.63) is 48.0 Å². The van der Waals surface area contributed by atoms with Crippen LogP contribution < -0.4 is 5.73 Å². The third kappa shape index (κ3) is 3.14. The number of hydrogen-bond donors (Lipinski definition) is 2. The van der Waals surface area contributed by atoms with Gasteiger partial charge in [-0.15, -0.1) is 0 Å². The number of hydrogen-bond acceptors (Lipinski definition) is 3. The van der Waals surface area contributed by atoms with E-state index in [1.165, 1.54) is 13.8 Å². The highest BCUT2D eigenvalue weighted by molar-refractivity contribution is 5.98. The van der Waals surface area contributed by atoms with Gasteiger partial charge >= 0.3 is 0 Å². The van der Waals surface area contributed by atoms with Crippen LogP contribution in [0.3, 0.4) is 0 Å². The molecule has 2 aromatic rings. The van der Waals surface area contributed by atoms with E-state index >= 15 is 0 Å². The van der Waals surface area contributed by atoms with Gasteiger partial charge in [0.1, 0.15) is 5.60 Å². The van der Waals surface area contributed by atoms with Crippen LogP contribution in [0.4, 0.5) is 0 Å². The Morgan fingerprint density at radius 1 is 1.05 bits per heavy atom. The summed E-state index contributed by atoms with van der Waals surface area (Å²) in [4.78, 5) is 12.7. The lowest BCUT2D eigenvalue weighted by atomic mass is 9.74. The normalized spacial score (nSPS) is 14.2. The number of carbonyl (C=O) groups excluding carboxylic acids is 1. The maximum Gasteiger partial charge on any atom is 0.173 e. The molecular formula is C18H23NO2. The Hall–Kier alpha value is -1.71. The molecule has 0 aliphatic heterocycles. The summed E-state index contributed by atoms with van der Waals surface area (Å²) in [6.45, 7) is 6.67. The second-order valence-corrected chi connectivity index (χ2v) is 6.75. The van der Waals surface area contributed by atoms with Gasteiger partial charge in [0.15, 0.2) is 5.78 Å². The van der Waals surface area contributed by atoms with Crippen LogP contribution in [0.2, 0.25) is 0 Å². The molecule has 21 heavy (non-hydrogen) atoms. The fraction of sp³-hybridized carbons (Fsp3) is 0.389. The Kier molecular flexibility index (Phi) is 3.91. The molecule has 3 nitrogen and oxygen atoms in total. The van der Waals surface area contributed by atoms with Crippen LogP contribution in [-0.2, 0) is 4.79 Å². The van der Waals surface area contributed by atoms with E-state index in [0.717, 1.165) is 16.3 Å². The van der Waals surface area contributed by atoms with Gasteiger partial charge in [0, 0.05) is 5.54 Å². The molecule has 3 heteroatoms. The van der Waals surface area contributed by atoms with Gasteiger partial charge in [0.25, 0.3) is 0 Å². The highest BCUT2D eigenvalue weighted by Gasteiger charge is 2.40. The summed E-state index contributed by atoms with van der Waals surface area (Å²) in [5.41, 5.74) is 4.96. The Labute approximate surface area is 125 Å². The molecule has 0 saturated carbocycles. The molecule has 0 aromatic heterocycles. The SMILES string of the molecule is CC(C)(O)C(=O)[C@H](c1cccc2ccccc12)C(C)(C)N. The lowest BCUT2D eigenvalue weighted by Crippen LogP contribution is -2.49. The van der Waals surface area contributed by atoms with Crippen molar-refractivity contribution in [2.75, 3.05) is 0 Å². The minimum absolute atomic E-state index is 0.258. The minimum atomic E-state index is -1.42. The first kappa shape index (κ1) is 15.7. The number of aliphatic hydroxyl groups is 1. The Morgan fingerprint density at radius 2 is 1.62 bits per heavy atom. The average molecular weight is 285 g/mol. The van der Waals surface area contributed by atoms with Gasteiger partial charge in [-0.2, -0.15) is 0 Å². The van der Waals surface area contributed by atoms with Crippen molar-refractivity contribution in [1.82, 2.24) is 0 Å². The molecule has 0 amide bonds. The Bertz CT molecular complexity index is 657. The molecule has 0 heterocycles. The summed E-state index contributed by atoms with van der Waals surface area (Å²) < 4.78 is 0. The first-order valence-electron chi connectivity index (χ1n) is 7.15. The highest BCUT2D eigenvalue weighted by Crippen LogP contribution is 2.35. The van der Waals surface area contributed by atoms with Crippen LogP contribution in [-0.4, -0.2) is 22.0 Å². The maximum absolute atomic E-state index is 12.7. The number of Topliss-reactive ketones (excluding diaryl/α,β-unsaturated/α-hetero) is 1. The lowest BCUT2D eigenvalue weighted by Gasteiger charge is -2.34. The third-order valence-corrected chi connectivity index (χ3v) is 3.74. The van der Waals surface area contributed by atoms with E-state index in [9.17, 15) is 9.90 Å². The Morgan fingerprint density at radius 3 is 2.19 bits per heavy atom. The maximum atomic E-state index is 12.7. The summed E-state index contributed by atoms with van der Waals surface area (Å²) in [6, 6.07) is 13.8. The van der Waals surface area contributed by atoms with Crippen molar-refractivity contribution in [1.29, 1.82) is 0 Å². The molecule has 3 N–H and O–H groups in total. The zero-order valence-corrected chi connectivity index (χ0v) is 13.1. The summed E-state index contributed by atoms with van der Waals surface area (Å²) in [5.74, 6) is -0.824. The van der Waals surface area contributed by atoms with Gasteiger partial charge in [-0.1, -0.05) is 42.5 Å². The molecule has 2 rings (SSSR count). The van der Waals surface area contributed by atoms with E-state index in [0.29, 0.717) is 0 Å². The standard InChI is InChI=1S/C18H23NO2/c1-17(2,19)15(16(20)18(3,4)21)14-11-7-9-12-8-5-6-10-13(12)14/h5-11,15,21H,19H2,1-4H3/t15-/m0/s1. The van der Waals surface area contributed by atoms with Crippen molar-refractivity contribution in [3.8, 4) is 0 Å². The van der Waals surface area contributed by atoms with Crippen LogP contribution in [0.15, 0.2) is 42.5 Å². The van der Waals surface area contributed by atoms with Crippen LogP contribution in [0, 0.1) is 0 Å². The monoisotopic (exact) mass is 285 g/mol. The number of benzene rings is 2. The fourth-order valence-electron chi connectivity index (χ4n) is 2.74. The Balaban J connectivity index is 2.69. The predicted molar refractivity (Wildman–Crippen MR) is 86.3 cm³/mol. The number of ketones is 1. The summed E-state index contributed by atoms with van der Waals surface area (Å²) in [5, 5.41) is 12.2. The summed E-state index contributed by atoms with van der Waals surface area (Å²) in [6.07, 6.45) is 0. The van der Waals surface area contributed by atoms with Gasteiger partial charge in [-0.3, -0.25) is 4.79 Å². The lowest BCUT2D eigenvalue weighted by molar-refractivity contribution is -0.137. The van der Waals surface area contributed by atoms with Gasteiger partial charge in [-0.05, 0) is 44.0 Å². The molecule has 0 aliphatic carbocycles. The van der Waals surface area contributed by atoms with E-state index in [-0.39, 0.29) is 5.78 Å². The number of fused-ring (bicyclic) bond motifs is 1. The quantitative estimate of drug-likeness (QED) is 0.907. The highest BCUT2D eigenvalue weighted by atomic mass is 16.3. The molecule has 0 saturated heterocycles. The second kappa shape index (κ2) is 5.24. The molecule has 0 radical (unpaired) electrons. The van der Waals surface area contributed by atoms with Gasteiger partial charge in [0.2, 0.25) is 0 Å². The van der Waals surface area contributed by atoms with E-state index in [1.807, 2.05) is 56.3 Å².